The highest BCUT2D eigenvalue weighted by molar-refractivity contribution is 5.92. The van der Waals surface area contributed by atoms with Gasteiger partial charge in [0, 0.05) is 22.5 Å². The quantitative estimate of drug-likeness (QED) is 0.625. The normalized spacial score (nSPS) is 10.9. The molecule has 17 heavy (non-hydrogen) atoms. The molecule has 0 unspecified atom stereocenters. The molecule has 90 valence electrons. The number of nitrogens with two attached hydrogens (primary N) is 2. The first-order chi connectivity index (χ1) is 8.20. The number of rotatable bonds is 4. The number of unbranched alkanes of at least 4 members (excludes halogenated alkanes) is 2. The van der Waals surface area contributed by atoms with Crippen molar-refractivity contribution in [1.82, 2.24) is 4.98 Å². The summed E-state index contributed by atoms with van der Waals surface area (Å²) in [5.74, 6) is 0. The molecule has 2 aromatic rings. The van der Waals surface area contributed by atoms with Gasteiger partial charge in [-0.3, -0.25) is 4.98 Å². The van der Waals surface area contributed by atoms with Gasteiger partial charge in [-0.1, -0.05) is 19.8 Å². The van der Waals surface area contributed by atoms with Crippen LogP contribution in [0.15, 0.2) is 24.3 Å². The van der Waals surface area contributed by atoms with Gasteiger partial charge in [0.2, 0.25) is 0 Å². The average Bonchev–Trinajstić information content (AvgIpc) is 2.31. The molecule has 0 spiro atoms. The zero-order valence-corrected chi connectivity index (χ0v) is 10.2. The summed E-state index contributed by atoms with van der Waals surface area (Å²) in [6.07, 6.45) is 4.63. The maximum Gasteiger partial charge on any atom is 0.0727 e. The van der Waals surface area contributed by atoms with Crippen molar-refractivity contribution in [1.29, 1.82) is 0 Å². The van der Waals surface area contributed by atoms with E-state index in [1.165, 1.54) is 19.3 Å². The lowest BCUT2D eigenvalue weighted by Crippen LogP contribution is -1.97. The van der Waals surface area contributed by atoms with E-state index < -0.39 is 0 Å². The molecule has 0 saturated carbocycles. The topological polar surface area (TPSA) is 64.9 Å². The molecule has 0 saturated heterocycles. The van der Waals surface area contributed by atoms with Crippen LogP contribution in [0.2, 0.25) is 0 Å². The second kappa shape index (κ2) is 5.04. The number of hydrogen-bond donors (Lipinski definition) is 2. The van der Waals surface area contributed by atoms with E-state index in [0.29, 0.717) is 0 Å². The zero-order chi connectivity index (χ0) is 12.3. The minimum atomic E-state index is 0.727. The van der Waals surface area contributed by atoms with Crippen molar-refractivity contribution in [2.24, 2.45) is 0 Å². The fourth-order valence-corrected chi connectivity index (χ4v) is 2.01. The molecule has 1 heterocycles. The number of fused-ring (bicyclic) bond motifs is 1. The van der Waals surface area contributed by atoms with Crippen molar-refractivity contribution in [3.8, 4) is 0 Å². The molecule has 0 atom stereocenters. The van der Waals surface area contributed by atoms with Crippen LogP contribution in [0.4, 0.5) is 11.4 Å². The average molecular weight is 229 g/mol. The Morgan fingerprint density at radius 3 is 2.71 bits per heavy atom. The summed E-state index contributed by atoms with van der Waals surface area (Å²) in [5.41, 5.74) is 15.3. The standard InChI is InChI=1S/C14H19N3/c1-2-3-4-5-11-9-13(16)12-8-10(15)6-7-14(12)17-11/h6-9H,2-5,15H2,1H3,(H2,16,17). The summed E-state index contributed by atoms with van der Waals surface area (Å²) in [7, 11) is 0. The van der Waals surface area contributed by atoms with Crippen LogP contribution in [0, 0.1) is 0 Å². The Labute approximate surface area is 102 Å². The summed E-state index contributed by atoms with van der Waals surface area (Å²) in [6, 6.07) is 7.65. The highest BCUT2D eigenvalue weighted by atomic mass is 14.7. The Morgan fingerprint density at radius 2 is 1.94 bits per heavy atom. The van der Waals surface area contributed by atoms with Gasteiger partial charge in [0.05, 0.1) is 5.52 Å². The van der Waals surface area contributed by atoms with Gasteiger partial charge in [0.25, 0.3) is 0 Å². The summed E-state index contributed by atoms with van der Waals surface area (Å²) >= 11 is 0. The number of aryl methyl sites for hydroxylation is 1. The van der Waals surface area contributed by atoms with Crippen LogP contribution in [0.1, 0.15) is 31.9 Å². The highest BCUT2D eigenvalue weighted by Gasteiger charge is 2.03. The van der Waals surface area contributed by atoms with E-state index in [2.05, 4.69) is 11.9 Å². The molecule has 0 radical (unpaired) electrons. The first-order valence-corrected chi connectivity index (χ1v) is 6.15. The Bertz CT molecular complexity index is 520. The van der Waals surface area contributed by atoms with Crippen molar-refractivity contribution >= 4 is 22.3 Å². The molecule has 1 aromatic carbocycles. The van der Waals surface area contributed by atoms with Crippen LogP contribution < -0.4 is 11.5 Å². The third-order valence-corrected chi connectivity index (χ3v) is 2.95. The van der Waals surface area contributed by atoms with E-state index >= 15 is 0 Å². The maximum absolute atomic E-state index is 6.03. The second-order valence-corrected chi connectivity index (χ2v) is 4.44. The first-order valence-electron chi connectivity index (χ1n) is 6.15. The summed E-state index contributed by atoms with van der Waals surface area (Å²) in [6.45, 7) is 2.20. The van der Waals surface area contributed by atoms with Crippen molar-refractivity contribution < 1.29 is 0 Å². The summed E-state index contributed by atoms with van der Waals surface area (Å²) < 4.78 is 0. The first kappa shape index (κ1) is 11.7. The largest absolute Gasteiger partial charge is 0.399 e. The molecule has 1 aromatic heterocycles. The van der Waals surface area contributed by atoms with Gasteiger partial charge < -0.3 is 11.5 Å². The predicted octanol–water partition coefficient (Wildman–Crippen LogP) is 3.13. The number of anilines is 2. The van der Waals surface area contributed by atoms with Gasteiger partial charge in [-0.25, -0.2) is 0 Å². The number of hydrogen-bond acceptors (Lipinski definition) is 3. The molecule has 0 bridgehead atoms. The van der Waals surface area contributed by atoms with Gasteiger partial charge in [0.15, 0.2) is 0 Å². The van der Waals surface area contributed by atoms with Crippen LogP contribution in [-0.2, 0) is 6.42 Å². The number of aromatic nitrogens is 1. The van der Waals surface area contributed by atoms with E-state index in [1.54, 1.807) is 0 Å². The Balaban J connectivity index is 2.32. The molecule has 0 aliphatic rings. The Hall–Kier alpha value is -1.77. The van der Waals surface area contributed by atoms with Gasteiger partial charge >= 0.3 is 0 Å². The molecule has 4 N–H and O–H groups in total. The zero-order valence-electron chi connectivity index (χ0n) is 10.2. The van der Waals surface area contributed by atoms with E-state index in [-0.39, 0.29) is 0 Å². The Kier molecular flexibility index (Phi) is 3.47. The summed E-state index contributed by atoms with van der Waals surface area (Å²) in [4.78, 5) is 4.61. The minimum absolute atomic E-state index is 0.727. The second-order valence-electron chi connectivity index (χ2n) is 4.44. The smallest absolute Gasteiger partial charge is 0.0727 e. The third-order valence-electron chi connectivity index (χ3n) is 2.95. The van der Waals surface area contributed by atoms with E-state index in [9.17, 15) is 0 Å². The van der Waals surface area contributed by atoms with Crippen molar-refractivity contribution in [2.45, 2.75) is 32.6 Å². The van der Waals surface area contributed by atoms with Crippen molar-refractivity contribution in [3.63, 3.8) is 0 Å². The lowest BCUT2D eigenvalue weighted by atomic mass is 10.1. The lowest BCUT2D eigenvalue weighted by molar-refractivity contribution is 0.709. The van der Waals surface area contributed by atoms with Crippen LogP contribution >= 0.6 is 0 Å². The molecule has 2 rings (SSSR count). The third kappa shape index (κ3) is 2.67. The molecular formula is C14H19N3. The SMILES string of the molecule is CCCCCc1cc(N)c2cc(N)ccc2n1. The lowest BCUT2D eigenvalue weighted by Gasteiger charge is -2.07. The summed E-state index contributed by atoms with van der Waals surface area (Å²) in [5, 5.41) is 0.948. The van der Waals surface area contributed by atoms with Gasteiger partial charge in [-0.15, -0.1) is 0 Å². The molecule has 3 nitrogen and oxygen atoms in total. The van der Waals surface area contributed by atoms with E-state index in [4.69, 9.17) is 11.5 Å². The maximum atomic E-state index is 6.03. The van der Waals surface area contributed by atoms with Crippen LogP contribution in [-0.4, -0.2) is 4.98 Å². The molecule has 0 fully saturated rings. The number of nitrogen functional groups attached to an aromatic ring is 2. The Morgan fingerprint density at radius 1 is 1.12 bits per heavy atom. The fourth-order valence-electron chi connectivity index (χ4n) is 2.01. The van der Waals surface area contributed by atoms with Crippen LogP contribution in [0.3, 0.4) is 0 Å². The molecule has 0 amide bonds. The number of nitrogens with zero attached hydrogens (tertiary/aromatic N) is 1. The highest BCUT2D eigenvalue weighted by Crippen LogP contribution is 2.23. The molecule has 0 aliphatic carbocycles. The predicted molar refractivity (Wildman–Crippen MR) is 73.8 cm³/mol. The van der Waals surface area contributed by atoms with Gasteiger partial charge in [-0.2, -0.15) is 0 Å². The van der Waals surface area contributed by atoms with E-state index in [1.807, 2.05) is 24.3 Å². The minimum Gasteiger partial charge on any atom is -0.399 e. The number of pyridine rings is 1. The molecular weight excluding hydrogens is 210 g/mol. The van der Waals surface area contributed by atoms with Crippen LogP contribution in [0.25, 0.3) is 10.9 Å². The van der Waals surface area contributed by atoms with Crippen LogP contribution in [0.5, 0.6) is 0 Å². The fraction of sp³-hybridized carbons (Fsp3) is 0.357. The monoisotopic (exact) mass is 229 g/mol. The van der Waals surface area contributed by atoms with Gasteiger partial charge in [0.1, 0.15) is 0 Å². The molecule has 0 aliphatic heterocycles. The van der Waals surface area contributed by atoms with Crippen molar-refractivity contribution in [2.75, 3.05) is 11.5 Å². The molecule has 3 heteroatoms. The number of benzene rings is 1. The van der Waals surface area contributed by atoms with Crippen molar-refractivity contribution in [3.05, 3.63) is 30.0 Å². The van der Waals surface area contributed by atoms with E-state index in [0.717, 1.165) is 34.4 Å². The van der Waals surface area contributed by atoms with Gasteiger partial charge in [-0.05, 0) is 37.1 Å².